The van der Waals surface area contributed by atoms with Crippen molar-refractivity contribution in [3.05, 3.63) is 76.2 Å². The van der Waals surface area contributed by atoms with E-state index < -0.39 is 0 Å². The molecular formula is C23H23N7O3. The predicted octanol–water partition coefficient (Wildman–Crippen LogP) is 2.57. The van der Waals surface area contributed by atoms with Gasteiger partial charge in [-0.05, 0) is 51.0 Å². The Balaban J connectivity index is 1.29. The molecule has 0 radical (unpaired) electrons. The fraction of sp³-hybridized carbons (Fsp3) is 0.304. The van der Waals surface area contributed by atoms with Crippen LogP contribution < -0.4 is 5.56 Å². The van der Waals surface area contributed by atoms with Gasteiger partial charge in [-0.15, -0.1) is 5.10 Å². The maximum atomic E-state index is 12.9. The quantitative estimate of drug-likeness (QED) is 0.474. The van der Waals surface area contributed by atoms with Gasteiger partial charge in [0, 0.05) is 48.9 Å². The monoisotopic (exact) mass is 445 g/mol. The van der Waals surface area contributed by atoms with Gasteiger partial charge < -0.3 is 9.42 Å². The first kappa shape index (κ1) is 20.8. The number of aryl methyl sites for hydroxylation is 2. The second-order valence-electron chi connectivity index (χ2n) is 8.15. The molecule has 1 aliphatic rings. The lowest BCUT2D eigenvalue weighted by atomic mass is 10.0. The number of aromatic nitrogens is 6. The van der Waals surface area contributed by atoms with E-state index in [1.165, 1.54) is 10.7 Å². The highest BCUT2D eigenvalue weighted by Gasteiger charge is 2.28. The summed E-state index contributed by atoms with van der Waals surface area (Å²) in [7, 11) is 0. The number of likely N-dealkylation sites (tertiary alicyclic amines) is 1. The summed E-state index contributed by atoms with van der Waals surface area (Å²) in [6.07, 6.45) is 4.56. The molecule has 0 aliphatic carbocycles. The Bertz CT molecular complexity index is 1350. The molecule has 0 N–H and O–H groups in total. The summed E-state index contributed by atoms with van der Waals surface area (Å²) in [5.74, 6) is 0.909. The van der Waals surface area contributed by atoms with Crippen molar-refractivity contribution < 1.29 is 9.32 Å². The lowest BCUT2D eigenvalue weighted by Crippen LogP contribution is -2.41. The molecule has 168 valence electrons. The van der Waals surface area contributed by atoms with E-state index in [0.29, 0.717) is 37.5 Å². The number of carbonyl (C=O) groups is 1. The first-order valence-electron chi connectivity index (χ1n) is 10.8. The van der Waals surface area contributed by atoms with E-state index in [0.717, 1.165) is 17.0 Å². The molecule has 5 rings (SSSR count). The Labute approximate surface area is 189 Å². The van der Waals surface area contributed by atoms with Gasteiger partial charge in [-0.3, -0.25) is 14.6 Å². The third kappa shape index (κ3) is 4.07. The SMILES string of the molecule is Cc1cc(C)n(-c2ccc(=O)n(C3CCN(C(=O)c4cc(-c5cccnc5)on4)CC3)n2)n1. The van der Waals surface area contributed by atoms with Crippen molar-refractivity contribution in [1.29, 1.82) is 0 Å². The van der Waals surface area contributed by atoms with E-state index in [9.17, 15) is 9.59 Å². The summed E-state index contributed by atoms with van der Waals surface area (Å²) in [4.78, 5) is 31.2. The van der Waals surface area contributed by atoms with Crippen LogP contribution in [0.4, 0.5) is 0 Å². The number of amides is 1. The van der Waals surface area contributed by atoms with Gasteiger partial charge in [0.1, 0.15) is 0 Å². The second kappa shape index (κ2) is 8.45. The first-order chi connectivity index (χ1) is 16.0. The van der Waals surface area contributed by atoms with E-state index in [1.54, 1.807) is 40.2 Å². The molecule has 0 aromatic carbocycles. The van der Waals surface area contributed by atoms with E-state index in [-0.39, 0.29) is 23.2 Å². The zero-order valence-electron chi connectivity index (χ0n) is 18.4. The summed E-state index contributed by atoms with van der Waals surface area (Å²) in [6.45, 7) is 4.86. The van der Waals surface area contributed by atoms with Crippen LogP contribution in [-0.4, -0.2) is 53.6 Å². The van der Waals surface area contributed by atoms with Gasteiger partial charge in [0.2, 0.25) is 0 Å². The number of pyridine rings is 1. The molecular weight excluding hydrogens is 422 g/mol. The fourth-order valence-corrected chi connectivity index (χ4v) is 4.15. The van der Waals surface area contributed by atoms with Crippen molar-refractivity contribution in [2.75, 3.05) is 13.1 Å². The average Bonchev–Trinajstić information content (AvgIpc) is 3.46. The number of hydrogen-bond donors (Lipinski definition) is 0. The minimum atomic E-state index is -0.191. The maximum Gasteiger partial charge on any atom is 0.276 e. The smallest absolute Gasteiger partial charge is 0.276 e. The molecule has 1 fully saturated rings. The zero-order chi connectivity index (χ0) is 22.9. The molecule has 0 unspecified atom stereocenters. The van der Waals surface area contributed by atoms with Gasteiger partial charge in [-0.2, -0.15) is 5.10 Å². The number of carbonyl (C=O) groups excluding carboxylic acids is 1. The molecule has 0 saturated carbocycles. The summed E-state index contributed by atoms with van der Waals surface area (Å²) in [5.41, 5.74) is 2.69. The molecule has 1 amide bonds. The average molecular weight is 445 g/mol. The number of nitrogens with zero attached hydrogens (tertiary/aromatic N) is 7. The van der Waals surface area contributed by atoms with Crippen molar-refractivity contribution in [2.45, 2.75) is 32.7 Å². The van der Waals surface area contributed by atoms with Gasteiger partial charge >= 0.3 is 0 Å². The second-order valence-corrected chi connectivity index (χ2v) is 8.15. The Morgan fingerprint density at radius 3 is 2.61 bits per heavy atom. The number of piperidine rings is 1. The van der Waals surface area contributed by atoms with E-state index >= 15 is 0 Å². The minimum Gasteiger partial charge on any atom is -0.355 e. The molecule has 1 aliphatic heterocycles. The molecule has 10 heteroatoms. The molecule has 5 heterocycles. The van der Waals surface area contributed by atoms with Gasteiger partial charge in [0.15, 0.2) is 17.3 Å². The van der Waals surface area contributed by atoms with Crippen LogP contribution in [0, 0.1) is 13.8 Å². The van der Waals surface area contributed by atoms with Gasteiger partial charge in [-0.1, -0.05) is 5.16 Å². The molecule has 0 atom stereocenters. The normalized spacial score (nSPS) is 14.5. The Hall–Kier alpha value is -4.08. The van der Waals surface area contributed by atoms with Crippen LogP contribution in [-0.2, 0) is 0 Å². The van der Waals surface area contributed by atoms with Crippen molar-refractivity contribution in [2.24, 2.45) is 0 Å². The highest BCUT2D eigenvalue weighted by atomic mass is 16.5. The topological polar surface area (TPSA) is 112 Å². The molecule has 4 aromatic heterocycles. The van der Waals surface area contributed by atoms with Gasteiger partial charge in [-0.25, -0.2) is 9.36 Å². The Morgan fingerprint density at radius 1 is 1.09 bits per heavy atom. The van der Waals surface area contributed by atoms with Crippen LogP contribution in [0.1, 0.15) is 40.8 Å². The predicted molar refractivity (Wildman–Crippen MR) is 119 cm³/mol. The summed E-state index contributed by atoms with van der Waals surface area (Å²) < 4.78 is 8.58. The molecule has 10 nitrogen and oxygen atoms in total. The third-order valence-corrected chi connectivity index (χ3v) is 5.81. The third-order valence-electron chi connectivity index (χ3n) is 5.81. The number of rotatable bonds is 4. The largest absolute Gasteiger partial charge is 0.355 e. The van der Waals surface area contributed by atoms with Crippen LogP contribution in [0.15, 0.2) is 58.1 Å². The lowest BCUT2D eigenvalue weighted by Gasteiger charge is -2.31. The number of hydrogen-bond acceptors (Lipinski definition) is 7. The van der Waals surface area contributed by atoms with Crippen molar-refractivity contribution in [1.82, 2.24) is 34.6 Å². The van der Waals surface area contributed by atoms with E-state index in [4.69, 9.17) is 4.52 Å². The molecule has 0 bridgehead atoms. The summed E-state index contributed by atoms with van der Waals surface area (Å²) in [5, 5.41) is 13.0. The van der Waals surface area contributed by atoms with Crippen LogP contribution >= 0.6 is 0 Å². The highest BCUT2D eigenvalue weighted by molar-refractivity contribution is 5.93. The highest BCUT2D eigenvalue weighted by Crippen LogP contribution is 2.24. The summed E-state index contributed by atoms with van der Waals surface area (Å²) in [6, 6.07) is 10.3. The summed E-state index contributed by atoms with van der Waals surface area (Å²) >= 11 is 0. The molecule has 4 aromatic rings. The van der Waals surface area contributed by atoms with Gasteiger partial charge in [0.25, 0.3) is 11.5 Å². The van der Waals surface area contributed by atoms with Crippen LogP contribution in [0.2, 0.25) is 0 Å². The minimum absolute atomic E-state index is 0.0956. The van der Waals surface area contributed by atoms with Gasteiger partial charge in [0.05, 0.1) is 11.7 Å². The first-order valence-corrected chi connectivity index (χ1v) is 10.8. The Kier molecular flexibility index (Phi) is 5.33. The van der Waals surface area contributed by atoms with Crippen LogP contribution in [0.3, 0.4) is 0 Å². The zero-order valence-corrected chi connectivity index (χ0v) is 18.4. The molecule has 1 saturated heterocycles. The maximum absolute atomic E-state index is 12.9. The standard InChI is InChI=1S/C23H23N7O3/c1-15-12-16(2)29(25-15)21-5-6-22(31)30(26-21)18-7-10-28(11-8-18)23(32)19-13-20(33-27-19)17-4-3-9-24-14-17/h3-6,9,12-14,18H,7-8,10-11H2,1-2H3. The van der Waals surface area contributed by atoms with E-state index in [2.05, 4.69) is 20.3 Å². The van der Waals surface area contributed by atoms with Crippen LogP contribution in [0.5, 0.6) is 0 Å². The Morgan fingerprint density at radius 2 is 1.91 bits per heavy atom. The van der Waals surface area contributed by atoms with Crippen molar-refractivity contribution >= 4 is 5.91 Å². The van der Waals surface area contributed by atoms with Crippen molar-refractivity contribution in [3.63, 3.8) is 0 Å². The molecule has 33 heavy (non-hydrogen) atoms. The fourth-order valence-electron chi connectivity index (χ4n) is 4.15. The molecule has 0 spiro atoms. The lowest BCUT2D eigenvalue weighted by molar-refractivity contribution is 0.0677. The van der Waals surface area contributed by atoms with E-state index in [1.807, 2.05) is 26.0 Å². The van der Waals surface area contributed by atoms with Crippen molar-refractivity contribution in [3.8, 4) is 17.1 Å². The van der Waals surface area contributed by atoms with Crippen LogP contribution in [0.25, 0.3) is 17.1 Å².